The Balaban J connectivity index is 2.10. The maximum absolute atomic E-state index is 13.3. The molecule has 0 spiro atoms. The number of nitrogens with two attached hydrogens (primary N) is 1. The van der Waals surface area contributed by atoms with Gasteiger partial charge in [0.15, 0.2) is 0 Å². The number of esters is 2. The fraction of sp³-hybridized carbons (Fsp3) is 0.259. The Morgan fingerprint density at radius 1 is 1.08 bits per heavy atom. The van der Waals surface area contributed by atoms with Gasteiger partial charge in [0.2, 0.25) is 5.91 Å². The Morgan fingerprint density at radius 3 is 2.36 bits per heavy atom. The lowest BCUT2D eigenvalue weighted by atomic mass is 9.77. The molecule has 9 heteroatoms. The third kappa shape index (κ3) is 3.86. The number of hydrogen-bond acceptors (Lipinski definition) is 8. The van der Waals surface area contributed by atoms with Crippen molar-refractivity contribution in [1.29, 1.82) is 5.26 Å². The highest BCUT2D eigenvalue weighted by molar-refractivity contribution is 6.08. The number of carbonyl (C=O) groups excluding carboxylic acids is 3. The molecule has 3 N–H and O–H groups in total. The maximum Gasteiger partial charge on any atom is 0.355 e. The first kappa shape index (κ1) is 24.5. The van der Waals surface area contributed by atoms with Crippen molar-refractivity contribution in [1.82, 2.24) is 0 Å². The summed E-state index contributed by atoms with van der Waals surface area (Å²) < 4.78 is 10.1. The predicted molar refractivity (Wildman–Crippen MR) is 132 cm³/mol. The van der Waals surface area contributed by atoms with Crippen LogP contribution in [0.4, 0.5) is 11.4 Å². The van der Waals surface area contributed by atoms with E-state index < -0.39 is 23.3 Å². The van der Waals surface area contributed by atoms with Gasteiger partial charge in [0.05, 0.1) is 48.7 Å². The van der Waals surface area contributed by atoms with Crippen LogP contribution in [0.1, 0.15) is 37.3 Å². The van der Waals surface area contributed by atoms with Gasteiger partial charge in [0.25, 0.3) is 0 Å². The second-order valence-corrected chi connectivity index (χ2v) is 9.14. The third-order valence-corrected chi connectivity index (χ3v) is 6.49. The molecule has 4 rings (SSSR count). The topological polar surface area (TPSA) is 135 Å². The smallest absolute Gasteiger partial charge is 0.355 e. The molecule has 0 fully saturated rings. The van der Waals surface area contributed by atoms with Gasteiger partial charge in [-0.1, -0.05) is 56.3 Å². The molecule has 0 radical (unpaired) electrons. The monoisotopic (exact) mass is 486 g/mol. The molecule has 36 heavy (non-hydrogen) atoms. The summed E-state index contributed by atoms with van der Waals surface area (Å²) in [5.74, 6) is -2.91. The molecule has 0 saturated heterocycles. The Bertz CT molecular complexity index is 1370. The van der Waals surface area contributed by atoms with Crippen LogP contribution >= 0.6 is 0 Å². The van der Waals surface area contributed by atoms with E-state index in [1.165, 1.54) is 19.1 Å². The van der Waals surface area contributed by atoms with Crippen molar-refractivity contribution in [3.8, 4) is 6.07 Å². The van der Waals surface area contributed by atoms with Crippen LogP contribution in [0.5, 0.6) is 0 Å². The van der Waals surface area contributed by atoms with Crippen LogP contribution in [-0.4, -0.2) is 32.1 Å². The number of fused-ring (bicyclic) bond motifs is 1. The molecule has 0 aliphatic carbocycles. The summed E-state index contributed by atoms with van der Waals surface area (Å²) in [7, 11) is 2.38. The van der Waals surface area contributed by atoms with E-state index in [1.54, 1.807) is 42.5 Å². The van der Waals surface area contributed by atoms with Crippen LogP contribution < -0.4 is 16.0 Å². The first-order chi connectivity index (χ1) is 17.2. The van der Waals surface area contributed by atoms with Crippen molar-refractivity contribution in [2.75, 3.05) is 24.4 Å². The molecular formula is C27H26N4O5. The summed E-state index contributed by atoms with van der Waals surface area (Å²) in [5, 5.41) is 13.1. The van der Waals surface area contributed by atoms with Crippen molar-refractivity contribution in [2.45, 2.75) is 31.6 Å². The lowest BCUT2D eigenvalue weighted by Gasteiger charge is -2.39. The number of rotatable bonds is 4. The van der Waals surface area contributed by atoms with Gasteiger partial charge < -0.3 is 20.5 Å². The quantitative estimate of drug-likeness (QED) is 0.629. The highest BCUT2D eigenvalue weighted by atomic mass is 16.5. The Kier molecular flexibility index (Phi) is 6.29. The molecule has 9 nitrogen and oxygen atoms in total. The summed E-state index contributed by atoms with van der Waals surface area (Å²) in [5.41, 5.74) is 7.99. The van der Waals surface area contributed by atoms with Crippen LogP contribution in [0.25, 0.3) is 0 Å². The predicted octanol–water partition coefficient (Wildman–Crippen LogP) is 3.20. The number of benzene rings is 2. The average molecular weight is 487 g/mol. The Hall–Kier alpha value is -4.58. The molecule has 2 aromatic rings. The fourth-order valence-electron chi connectivity index (χ4n) is 4.87. The van der Waals surface area contributed by atoms with Crippen LogP contribution in [0.3, 0.4) is 0 Å². The second kappa shape index (κ2) is 9.23. The number of amides is 1. The molecule has 1 amide bonds. The van der Waals surface area contributed by atoms with Crippen molar-refractivity contribution in [2.24, 2.45) is 5.73 Å². The zero-order valence-corrected chi connectivity index (χ0v) is 20.4. The highest BCUT2D eigenvalue weighted by Gasteiger charge is 2.44. The van der Waals surface area contributed by atoms with Crippen molar-refractivity contribution in [3.05, 3.63) is 82.3 Å². The third-order valence-electron chi connectivity index (χ3n) is 6.49. The van der Waals surface area contributed by atoms with Gasteiger partial charge in [0, 0.05) is 11.8 Å². The van der Waals surface area contributed by atoms with E-state index in [4.69, 9.17) is 15.2 Å². The van der Waals surface area contributed by atoms with E-state index >= 15 is 0 Å². The number of hydrogen-bond donors (Lipinski definition) is 2. The van der Waals surface area contributed by atoms with Gasteiger partial charge in [-0.25, -0.2) is 9.59 Å². The second-order valence-electron chi connectivity index (χ2n) is 9.14. The molecule has 2 aromatic carbocycles. The minimum atomic E-state index is -0.973. The Morgan fingerprint density at radius 2 is 1.75 bits per heavy atom. The van der Waals surface area contributed by atoms with Crippen LogP contribution in [0, 0.1) is 11.3 Å². The van der Waals surface area contributed by atoms with E-state index in [-0.39, 0.29) is 35.0 Å². The molecule has 0 bridgehead atoms. The molecule has 0 aromatic heterocycles. The number of nitriles is 1. The van der Waals surface area contributed by atoms with E-state index in [0.717, 1.165) is 5.56 Å². The molecule has 2 heterocycles. The maximum atomic E-state index is 13.3. The summed E-state index contributed by atoms with van der Waals surface area (Å²) in [6.07, 6.45) is 0.265. The number of methoxy groups -OCH3 is 2. The molecule has 1 unspecified atom stereocenters. The van der Waals surface area contributed by atoms with E-state index in [0.29, 0.717) is 16.9 Å². The fourth-order valence-corrected chi connectivity index (χ4v) is 4.87. The van der Waals surface area contributed by atoms with Gasteiger partial charge in [-0.15, -0.1) is 0 Å². The number of nitrogens with one attached hydrogen (secondary N) is 1. The van der Waals surface area contributed by atoms with Crippen LogP contribution in [0.15, 0.2) is 71.2 Å². The molecule has 0 saturated carbocycles. The van der Waals surface area contributed by atoms with Gasteiger partial charge in [0.1, 0.15) is 11.5 Å². The van der Waals surface area contributed by atoms with E-state index in [1.807, 2.05) is 19.9 Å². The zero-order chi connectivity index (χ0) is 26.2. The molecule has 184 valence electrons. The zero-order valence-electron chi connectivity index (χ0n) is 20.4. The minimum Gasteiger partial charge on any atom is -0.466 e. The Labute approximate surface area is 208 Å². The average Bonchev–Trinajstić information content (AvgIpc) is 2.86. The molecule has 1 atom stereocenters. The normalized spacial score (nSPS) is 18.7. The number of anilines is 2. The largest absolute Gasteiger partial charge is 0.466 e. The first-order valence-corrected chi connectivity index (χ1v) is 11.2. The van der Waals surface area contributed by atoms with Gasteiger partial charge in [-0.3, -0.25) is 9.69 Å². The molecular weight excluding hydrogens is 460 g/mol. The number of ether oxygens (including phenoxy) is 2. The number of allylic oxidation sites excluding steroid dienone is 1. The van der Waals surface area contributed by atoms with Gasteiger partial charge >= 0.3 is 11.9 Å². The van der Waals surface area contributed by atoms with Gasteiger partial charge in [-0.05, 0) is 17.2 Å². The summed E-state index contributed by atoms with van der Waals surface area (Å²) in [6, 6.07) is 16.2. The molecule has 2 aliphatic rings. The number of nitrogens with zero attached hydrogens (tertiary/aromatic N) is 2. The standard InChI is InChI=1S/C27H26N4O5/c1-27(2)13-19(32)30-22-17(27)11-8-12-18(22)31-23(26(34)36-4)21(25(33)35-3)20(16(14-28)24(31)29)15-9-6-5-7-10-15/h5-12,20H,13,29H2,1-4H3,(H,30,32). The van der Waals surface area contributed by atoms with E-state index in [2.05, 4.69) is 11.4 Å². The SMILES string of the molecule is COC(=O)C1=C(C(=O)OC)N(c2cccc3c2NC(=O)CC3(C)C)C(N)=C(C#N)C1c1ccccc1. The van der Waals surface area contributed by atoms with Crippen molar-refractivity contribution in [3.63, 3.8) is 0 Å². The minimum absolute atomic E-state index is 0.0493. The van der Waals surface area contributed by atoms with Crippen LogP contribution in [0.2, 0.25) is 0 Å². The van der Waals surface area contributed by atoms with Crippen molar-refractivity contribution >= 4 is 29.2 Å². The lowest BCUT2D eigenvalue weighted by molar-refractivity contribution is -0.139. The van der Waals surface area contributed by atoms with Gasteiger partial charge in [-0.2, -0.15) is 5.26 Å². The lowest BCUT2D eigenvalue weighted by Crippen LogP contribution is -2.42. The first-order valence-electron chi connectivity index (χ1n) is 11.2. The molecule has 2 aliphatic heterocycles. The van der Waals surface area contributed by atoms with Crippen LogP contribution in [-0.2, 0) is 29.3 Å². The van der Waals surface area contributed by atoms with Crippen molar-refractivity contribution < 1.29 is 23.9 Å². The number of para-hydroxylation sites is 1. The highest BCUT2D eigenvalue weighted by Crippen LogP contribution is 2.48. The summed E-state index contributed by atoms with van der Waals surface area (Å²) >= 11 is 0. The van der Waals surface area contributed by atoms with E-state index in [9.17, 15) is 19.6 Å². The number of carbonyl (C=O) groups is 3. The summed E-state index contributed by atoms with van der Waals surface area (Å²) in [4.78, 5) is 40.4. The summed E-state index contributed by atoms with van der Waals surface area (Å²) in [6.45, 7) is 3.87.